The van der Waals surface area contributed by atoms with E-state index in [2.05, 4.69) is 10.3 Å². The van der Waals surface area contributed by atoms with Gasteiger partial charge in [0, 0.05) is 11.9 Å². The molecule has 0 radical (unpaired) electrons. The minimum atomic E-state index is -0.0960. The molecule has 0 spiro atoms. The normalized spacial score (nSPS) is 10.8. The Hall–Kier alpha value is -2.92. The first-order chi connectivity index (χ1) is 11.3. The first-order valence-electron chi connectivity index (χ1n) is 7.20. The molecular weight excluding hydrogens is 306 g/mol. The van der Waals surface area contributed by atoms with Crippen LogP contribution in [0.1, 0.15) is 9.67 Å². The molecule has 1 amide bonds. The molecule has 0 saturated carbocycles. The average Bonchev–Trinajstić information content (AvgIpc) is 3.22. The highest BCUT2D eigenvalue weighted by atomic mass is 32.1. The zero-order valence-corrected chi connectivity index (χ0v) is 13.0. The standard InChI is InChI=1S/C18H13N3OS/c22-18(20-13-6-2-1-3-7-13)16-10-9-15(23-16)14-12-19-17-8-4-5-11-21(14)17/h1-12H,(H,20,22). The fourth-order valence-corrected chi connectivity index (χ4v) is 3.34. The number of hydrogen-bond acceptors (Lipinski definition) is 3. The lowest BCUT2D eigenvalue weighted by atomic mass is 10.3. The van der Waals surface area contributed by atoms with Gasteiger partial charge in [-0.1, -0.05) is 24.3 Å². The summed E-state index contributed by atoms with van der Waals surface area (Å²) in [6, 6.07) is 19.1. The third-order valence-electron chi connectivity index (χ3n) is 3.53. The van der Waals surface area contributed by atoms with Gasteiger partial charge in [-0.3, -0.25) is 9.20 Å². The van der Waals surface area contributed by atoms with Gasteiger partial charge < -0.3 is 5.32 Å². The number of imidazole rings is 1. The summed E-state index contributed by atoms with van der Waals surface area (Å²) in [7, 11) is 0. The maximum atomic E-state index is 12.3. The quantitative estimate of drug-likeness (QED) is 0.611. The minimum absolute atomic E-state index is 0.0960. The van der Waals surface area contributed by atoms with Gasteiger partial charge in [-0.05, 0) is 36.4 Å². The lowest BCUT2D eigenvalue weighted by molar-refractivity contribution is 0.103. The van der Waals surface area contributed by atoms with E-state index >= 15 is 0 Å². The molecule has 0 atom stereocenters. The first kappa shape index (κ1) is 13.7. The van der Waals surface area contributed by atoms with E-state index < -0.39 is 0 Å². The number of rotatable bonds is 3. The van der Waals surface area contributed by atoms with E-state index in [0.717, 1.165) is 21.9 Å². The molecule has 112 valence electrons. The van der Waals surface area contributed by atoms with Crippen LogP contribution in [0.5, 0.6) is 0 Å². The van der Waals surface area contributed by atoms with Gasteiger partial charge in [-0.25, -0.2) is 4.98 Å². The van der Waals surface area contributed by atoms with Crippen LogP contribution in [-0.4, -0.2) is 15.3 Å². The molecule has 3 aromatic heterocycles. The number of aromatic nitrogens is 2. The van der Waals surface area contributed by atoms with Crippen LogP contribution in [0.3, 0.4) is 0 Å². The van der Waals surface area contributed by atoms with Crippen LogP contribution in [0.2, 0.25) is 0 Å². The summed E-state index contributed by atoms with van der Waals surface area (Å²) in [5, 5.41) is 2.90. The number of amides is 1. The van der Waals surface area contributed by atoms with Gasteiger partial charge in [0.05, 0.1) is 21.6 Å². The summed E-state index contributed by atoms with van der Waals surface area (Å²) >= 11 is 1.46. The Morgan fingerprint density at radius 3 is 2.70 bits per heavy atom. The lowest BCUT2D eigenvalue weighted by Crippen LogP contribution is -2.09. The second-order valence-electron chi connectivity index (χ2n) is 5.06. The Kier molecular flexibility index (Phi) is 3.40. The van der Waals surface area contributed by atoms with Crippen molar-refractivity contribution in [1.29, 1.82) is 0 Å². The van der Waals surface area contributed by atoms with Crippen molar-refractivity contribution >= 4 is 28.6 Å². The van der Waals surface area contributed by atoms with E-state index in [9.17, 15) is 4.79 Å². The molecule has 0 aliphatic carbocycles. The number of nitrogens with one attached hydrogen (secondary N) is 1. The van der Waals surface area contributed by atoms with Crippen molar-refractivity contribution < 1.29 is 4.79 Å². The van der Waals surface area contributed by atoms with Crippen LogP contribution < -0.4 is 5.32 Å². The smallest absolute Gasteiger partial charge is 0.265 e. The maximum Gasteiger partial charge on any atom is 0.265 e. The van der Waals surface area contributed by atoms with E-state index in [1.54, 1.807) is 0 Å². The number of carbonyl (C=O) groups is 1. The molecule has 0 aliphatic heterocycles. The zero-order chi connectivity index (χ0) is 15.6. The number of para-hydroxylation sites is 1. The molecule has 0 aliphatic rings. The number of thiophene rings is 1. The van der Waals surface area contributed by atoms with Crippen molar-refractivity contribution in [1.82, 2.24) is 9.38 Å². The maximum absolute atomic E-state index is 12.3. The highest BCUT2D eigenvalue weighted by molar-refractivity contribution is 7.17. The fraction of sp³-hybridized carbons (Fsp3) is 0. The molecule has 1 aromatic carbocycles. The summed E-state index contributed by atoms with van der Waals surface area (Å²) in [6.45, 7) is 0. The van der Waals surface area contributed by atoms with Crippen molar-refractivity contribution in [2.75, 3.05) is 5.32 Å². The Bertz CT molecular complexity index is 972. The van der Waals surface area contributed by atoms with E-state index in [1.165, 1.54) is 11.3 Å². The second kappa shape index (κ2) is 5.70. The van der Waals surface area contributed by atoms with Crippen LogP contribution in [0, 0.1) is 0 Å². The SMILES string of the molecule is O=C(Nc1ccccc1)c1ccc(-c2cnc3ccccn23)s1. The van der Waals surface area contributed by atoms with Crippen LogP contribution in [0.4, 0.5) is 5.69 Å². The summed E-state index contributed by atoms with van der Waals surface area (Å²) in [5.41, 5.74) is 2.68. The van der Waals surface area contributed by atoms with Crippen molar-refractivity contribution in [2.45, 2.75) is 0 Å². The Balaban J connectivity index is 1.63. The predicted octanol–water partition coefficient (Wildman–Crippen LogP) is 4.32. The summed E-state index contributed by atoms with van der Waals surface area (Å²) in [4.78, 5) is 18.4. The summed E-state index contributed by atoms with van der Waals surface area (Å²) in [6.07, 6.45) is 3.81. The van der Waals surface area contributed by atoms with Crippen LogP contribution in [0.25, 0.3) is 16.2 Å². The highest BCUT2D eigenvalue weighted by Gasteiger charge is 2.13. The molecule has 4 nitrogen and oxygen atoms in total. The lowest BCUT2D eigenvalue weighted by Gasteiger charge is -2.02. The monoisotopic (exact) mass is 319 g/mol. The van der Waals surface area contributed by atoms with Gasteiger partial charge >= 0.3 is 0 Å². The topological polar surface area (TPSA) is 46.4 Å². The highest BCUT2D eigenvalue weighted by Crippen LogP contribution is 2.29. The van der Waals surface area contributed by atoms with Crippen LogP contribution in [-0.2, 0) is 0 Å². The molecule has 4 rings (SSSR count). The fourth-order valence-electron chi connectivity index (χ4n) is 2.43. The Labute approximate surface area is 137 Å². The van der Waals surface area contributed by atoms with Crippen molar-refractivity contribution in [3.05, 3.63) is 77.9 Å². The number of anilines is 1. The number of pyridine rings is 1. The number of carbonyl (C=O) groups excluding carboxylic acids is 1. The minimum Gasteiger partial charge on any atom is -0.321 e. The molecule has 0 fully saturated rings. The van der Waals surface area contributed by atoms with Gasteiger partial charge in [0.15, 0.2) is 0 Å². The van der Waals surface area contributed by atoms with Crippen LogP contribution in [0.15, 0.2) is 73.1 Å². The van der Waals surface area contributed by atoms with Gasteiger partial charge in [-0.2, -0.15) is 0 Å². The first-order valence-corrected chi connectivity index (χ1v) is 8.01. The number of benzene rings is 1. The Morgan fingerprint density at radius 1 is 1.00 bits per heavy atom. The molecule has 1 N–H and O–H groups in total. The van der Waals surface area contributed by atoms with Crippen molar-refractivity contribution in [3.8, 4) is 10.6 Å². The van der Waals surface area contributed by atoms with Gasteiger partial charge in [0.1, 0.15) is 5.65 Å². The van der Waals surface area contributed by atoms with Gasteiger partial charge in [0.2, 0.25) is 0 Å². The van der Waals surface area contributed by atoms with Crippen molar-refractivity contribution in [2.24, 2.45) is 0 Å². The molecule has 4 aromatic rings. The second-order valence-corrected chi connectivity index (χ2v) is 6.14. The Morgan fingerprint density at radius 2 is 1.83 bits per heavy atom. The third kappa shape index (κ3) is 2.62. The zero-order valence-electron chi connectivity index (χ0n) is 12.1. The largest absolute Gasteiger partial charge is 0.321 e. The number of hydrogen-bond donors (Lipinski definition) is 1. The van der Waals surface area contributed by atoms with E-state index in [1.807, 2.05) is 77.5 Å². The third-order valence-corrected chi connectivity index (χ3v) is 4.64. The van der Waals surface area contributed by atoms with Crippen LogP contribution >= 0.6 is 11.3 Å². The molecule has 0 unspecified atom stereocenters. The van der Waals surface area contributed by atoms with E-state index in [0.29, 0.717) is 4.88 Å². The summed E-state index contributed by atoms with van der Waals surface area (Å²) < 4.78 is 2.02. The molecule has 0 saturated heterocycles. The average molecular weight is 319 g/mol. The molecule has 0 bridgehead atoms. The predicted molar refractivity (Wildman–Crippen MR) is 92.9 cm³/mol. The molecule has 23 heavy (non-hydrogen) atoms. The summed E-state index contributed by atoms with van der Waals surface area (Å²) in [5.74, 6) is -0.0960. The van der Waals surface area contributed by atoms with E-state index in [-0.39, 0.29) is 5.91 Å². The molecule has 3 heterocycles. The number of fused-ring (bicyclic) bond motifs is 1. The van der Waals surface area contributed by atoms with Gasteiger partial charge in [0.25, 0.3) is 5.91 Å². The van der Waals surface area contributed by atoms with Gasteiger partial charge in [-0.15, -0.1) is 11.3 Å². The van der Waals surface area contributed by atoms with Crippen molar-refractivity contribution in [3.63, 3.8) is 0 Å². The molecular formula is C18H13N3OS. The van der Waals surface area contributed by atoms with E-state index in [4.69, 9.17) is 0 Å². The number of nitrogens with zero attached hydrogens (tertiary/aromatic N) is 2. The molecule has 5 heteroatoms.